The van der Waals surface area contributed by atoms with Crippen LogP contribution in [0.5, 0.6) is 0 Å². The largest absolute Gasteiger partial charge is 0.307 e. The quantitative estimate of drug-likeness (QED) is 0.882. The van der Waals surface area contributed by atoms with Crippen LogP contribution < -0.4 is 5.32 Å². The van der Waals surface area contributed by atoms with Crippen LogP contribution in [-0.4, -0.2) is 9.78 Å². The minimum atomic E-state index is 0.771. The van der Waals surface area contributed by atoms with Crippen molar-refractivity contribution in [2.75, 3.05) is 0 Å². The SMILES string of the molecule is Cn1ccc(CNCc2cccc(Cl)c2)n1. The van der Waals surface area contributed by atoms with Crippen LogP contribution in [-0.2, 0) is 20.1 Å². The van der Waals surface area contributed by atoms with Gasteiger partial charge in [0.1, 0.15) is 0 Å². The highest BCUT2D eigenvalue weighted by atomic mass is 35.5. The number of nitrogens with zero attached hydrogens (tertiary/aromatic N) is 2. The van der Waals surface area contributed by atoms with Crippen LogP contribution in [0.3, 0.4) is 0 Å². The van der Waals surface area contributed by atoms with Crippen molar-refractivity contribution in [1.29, 1.82) is 0 Å². The fourth-order valence-electron chi connectivity index (χ4n) is 1.54. The highest BCUT2D eigenvalue weighted by molar-refractivity contribution is 6.30. The van der Waals surface area contributed by atoms with Crippen LogP contribution in [0, 0.1) is 0 Å². The summed E-state index contributed by atoms with van der Waals surface area (Å²) in [5.74, 6) is 0. The molecule has 0 saturated carbocycles. The van der Waals surface area contributed by atoms with Crippen LogP contribution in [0.15, 0.2) is 36.5 Å². The summed E-state index contributed by atoms with van der Waals surface area (Å²) in [6.07, 6.45) is 1.94. The van der Waals surface area contributed by atoms with E-state index in [-0.39, 0.29) is 0 Å². The number of aromatic nitrogens is 2. The first-order valence-corrected chi connectivity index (χ1v) is 5.55. The van der Waals surface area contributed by atoms with Gasteiger partial charge in [-0.15, -0.1) is 0 Å². The zero-order valence-corrected chi connectivity index (χ0v) is 9.91. The third-order valence-electron chi connectivity index (χ3n) is 2.29. The molecule has 16 heavy (non-hydrogen) atoms. The van der Waals surface area contributed by atoms with Crippen LogP contribution in [0.2, 0.25) is 5.02 Å². The topological polar surface area (TPSA) is 29.9 Å². The van der Waals surface area contributed by atoms with Gasteiger partial charge in [0, 0.05) is 31.4 Å². The molecule has 0 saturated heterocycles. The normalized spacial score (nSPS) is 10.6. The van der Waals surface area contributed by atoms with Crippen LogP contribution >= 0.6 is 11.6 Å². The summed E-state index contributed by atoms with van der Waals surface area (Å²) in [5, 5.41) is 8.39. The molecule has 1 aromatic heterocycles. The predicted octanol–water partition coefficient (Wildman–Crippen LogP) is 2.36. The van der Waals surface area contributed by atoms with Crippen molar-refractivity contribution in [2.24, 2.45) is 7.05 Å². The molecule has 0 unspecified atom stereocenters. The van der Waals surface area contributed by atoms with E-state index in [1.54, 1.807) is 4.68 Å². The van der Waals surface area contributed by atoms with Crippen molar-refractivity contribution in [1.82, 2.24) is 15.1 Å². The third kappa shape index (κ3) is 3.08. The van der Waals surface area contributed by atoms with Gasteiger partial charge in [-0.1, -0.05) is 23.7 Å². The van der Waals surface area contributed by atoms with Gasteiger partial charge in [0.25, 0.3) is 0 Å². The zero-order chi connectivity index (χ0) is 11.4. The van der Waals surface area contributed by atoms with E-state index >= 15 is 0 Å². The molecule has 1 heterocycles. The van der Waals surface area contributed by atoms with Gasteiger partial charge in [0.15, 0.2) is 0 Å². The molecule has 3 nitrogen and oxygen atoms in total. The van der Waals surface area contributed by atoms with Crippen LogP contribution in [0.25, 0.3) is 0 Å². The molecule has 0 spiro atoms. The number of benzene rings is 1. The lowest BCUT2D eigenvalue weighted by Gasteiger charge is -2.03. The molecule has 1 N–H and O–H groups in total. The minimum absolute atomic E-state index is 0.771. The fourth-order valence-corrected chi connectivity index (χ4v) is 1.75. The average molecular weight is 236 g/mol. The Morgan fingerprint density at radius 2 is 2.19 bits per heavy atom. The van der Waals surface area contributed by atoms with Crippen molar-refractivity contribution in [3.8, 4) is 0 Å². The highest BCUT2D eigenvalue weighted by Gasteiger charge is 1.97. The van der Waals surface area contributed by atoms with E-state index < -0.39 is 0 Å². The Morgan fingerprint density at radius 1 is 1.31 bits per heavy atom. The lowest BCUT2D eigenvalue weighted by molar-refractivity contribution is 0.656. The summed E-state index contributed by atoms with van der Waals surface area (Å²) in [6, 6.07) is 9.86. The summed E-state index contributed by atoms with van der Waals surface area (Å²) >= 11 is 5.90. The number of hydrogen-bond donors (Lipinski definition) is 1. The Balaban J connectivity index is 1.84. The van der Waals surface area contributed by atoms with Crippen molar-refractivity contribution in [3.63, 3.8) is 0 Å². The molecule has 4 heteroatoms. The Bertz CT molecular complexity index is 465. The second-order valence-electron chi connectivity index (χ2n) is 3.71. The van der Waals surface area contributed by atoms with Gasteiger partial charge in [-0.25, -0.2) is 0 Å². The standard InChI is InChI=1S/C12H14ClN3/c1-16-6-5-12(15-16)9-14-8-10-3-2-4-11(13)7-10/h2-7,14H,8-9H2,1H3. The summed E-state index contributed by atoms with van der Waals surface area (Å²) in [7, 11) is 1.92. The van der Waals surface area contributed by atoms with Gasteiger partial charge in [0.2, 0.25) is 0 Å². The lowest BCUT2D eigenvalue weighted by atomic mass is 10.2. The molecule has 84 valence electrons. The minimum Gasteiger partial charge on any atom is -0.307 e. The van der Waals surface area contributed by atoms with Crippen molar-refractivity contribution >= 4 is 11.6 Å². The maximum absolute atomic E-state index is 5.90. The maximum atomic E-state index is 5.90. The Hall–Kier alpha value is -1.32. The van der Waals surface area contributed by atoms with Gasteiger partial charge < -0.3 is 5.32 Å². The molecule has 0 atom stereocenters. The summed E-state index contributed by atoms with van der Waals surface area (Å²) in [6.45, 7) is 1.57. The second kappa shape index (κ2) is 5.14. The van der Waals surface area contributed by atoms with Crippen molar-refractivity contribution in [3.05, 3.63) is 52.8 Å². The number of nitrogens with one attached hydrogen (secondary N) is 1. The number of halogens is 1. The Labute approximate surface area is 100 Å². The first-order chi connectivity index (χ1) is 7.74. The molecule has 0 amide bonds. The third-order valence-corrected chi connectivity index (χ3v) is 2.53. The van der Waals surface area contributed by atoms with Crippen LogP contribution in [0.4, 0.5) is 0 Å². The lowest BCUT2D eigenvalue weighted by Crippen LogP contribution is -2.13. The molecule has 0 bridgehead atoms. The van der Waals surface area contributed by atoms with Gasteiger partial charge in [0.05, 0.1) is 5.69 Å². The fraction of sp³-hybridized carbons (Fsp3) is 0.250. The van der Waals surface area contributed by atoms with E-state index in [9.17, 15) is 0 Å². The van der Waals surface area contributed by atoms with Gasteiger partial charge in [-0.2, -0.15) is 5.10 Å². The Morgan fingerprint density at radius 3 is 2.88 bits per heavy atom. The first-order valence-electron chi connectivity index (χ1n) is 5.18. The number of rotatable bonds is 4. The molecule has 0 aliphatic rings. The van der Waals surface area contributed by atoms with E-state index in [4.69, 9.17) is 11.6 Å². The van der Waals surface area contributed by atoms with E-state index in [2.05, 4.69) is 16.5 Å². The van der Waals surface area contributed by atoms with E-state index in [0.29, 0.717) is 0 Å². The number of aryl methyl sites for hydroxylation is 1. The van der Waals surface area contributed by atoms with E-state index in [1.165, 1.54) is 5.56 Å². The molecule has 2 rings (SSSR count). The van der Waals surface area contributed by atoms with Crippen molar-refractivity contribution in [2.45, 2.75) is 13.1 Å². The maximum Gasteiger partial charge on any atom is 0.0762 e. The highest BCUT2D eigenvalue weighted by Crippen LogP contribution is 2.10. The van der Waals surface area contributed by atoms with Gasteiger partial charge in [-0.05, 0) is 23.8 Å². The predicted molar refractivity (Wildman–Crippen MR) is 65.2 cm³/mol. The molecule has 0 radical (unpaired) electrons. The zero-order valence-electron chi connectivity index (χ0n) is 9.15. The molecular weight excluding hydrogens is 222 g/mol. The van der Waals surface area contributed by atoms with E-state index in [1.807, 2.05) is 37.5 Å². The summed E-state index contributed by atoms with van der Waals surface area (Å²) in [4.78, 5) is 0. The molecule has 0 aliphatic carbocycles. The first kappa shape index (κ1) is 11.2. The number of hydrogen-bond acceptors (Lipinski definition) is 2. The molecular formula is C12H14ClN3. The molecule has 1 aromatic carbocycles. The van der Waals surface area contributed by atoms with Crippen LogP contribution in [0.1, 0.15) is 11.3 Å². The molecule has 2 aromatic rings. The van der Waals surface area contributed by atoms with Crippen molar-refractivity contribution < 1.29 is 0 Å². The molecule has 0 fully saturated rings. The smallest absolute Gasteiger partial charge is 0.0762 e. The second-order valence-corrected chi connectivity index (χ2v) is 4.15. The average Bonchev–Trinajstić information content (AvgIpc) is 2.64. The monoisotopic (exact) mass is 235 g/mol. The van der Waals surface area contributed by atoms with Gasteiger partial charge in [-0.3, -0.25) is 4.68 Å². The summed E-state index contributed by atoms with van der Waals surface area (Å²) in [5.41, 5.74) is 2.23. The molecule has 0 aliphatic heterocycles. The Kier molecular flexibility index (Phi) is 3.59. The van der Waals surface area contributed by atoms with E-state index in [0.717, 1.165) is 23.8 Å². The van der Waals surface area contributed by atoms with Gasteiger partial charge >= 0.3 is 0 Å². The summed E-state index contributed by atoms with van der Waals surface area (Å²) < 4.78 is 1.80.